The maximum absolute atomic E-state index is 13.7. The van der Waals surface area contributed by atoms with Crippen molar-refractivity contribution in [2.24, 2.45) is 0 Å². The van der Waals surface area contributed by atoms with Gasteiger partial charge in [0.15, 0.2) is 0 Å². The van der Waals surface area contributed by atoms with Crippen molar-refractivity contribution < 1.29 is 13.6 Å². The van der Waals surface area contributed by atoms with Crippen molar-refractivity contribution in [3.63, 3.8) is 0 Å². The first-order valence-corrected chi connectivity index (χ1v) is 7.10. The molecule has 0 aliphatic heterocycles. The summed E-state index contributed by atoms with van der Waals surface area (Å²) < 4.78 is 27.4. The third-order valence-corrected chi connectivity index (χ3v) is 3.75. The van der Waals surface area contributed by atoms with Gasteiger partial charge in [0.25, 0.3) is 0 Å². The summed E-state index contributed by atoms with van der Waals surface area (Å²) in [6, 6.07) is 11.4. The van der Waals surface area contributed by atoms with Gasteiger partial charge in [-0.25, -0.2) is 13.6 Å². The van der Waals surface area contributed by atoms with Gasteiger partial charge < -0.3 is 10.6 Å². The smallest absolute Gasteiger partial charge is 0.319 e. The quantitative estimate of drug-likeness (QED) is 0.910. The lowest BCUT2D eigenvalue weighted by molar-refractivity contribution is 0.251. The van der Waals surface area contributed by atoms with Crippen molar-refractivity contribution in [1.29, 1.82) is 5.26 Å². The second-order valence-electron chi connectivity index (χ2n) is 5.37. The summed E-state index contributed by atoms with van der Waals surface area (Å²) in [5.41, 5.74) is 1.06. The van der Waals surface area contributed by atoms with Gasteiger partial charge in [-0.05, 0) is 42.8 Å². The molecule has 0 bridgehead atoms. The first-order chi connectivity index (χ1) is 11.1. The molecule has 2 N–H and O–H groups in total. The zero-order valence-electron chi connectivity index (χ0n) is 12.0. The Labute approximate surface area is 131 Å². The van der Waals surface area contributed by atoms with Crippen LogP contribution in [0.25, 0.3) is 0 Å². The number of urea groups is 1. The fourth-order valence-electron chi connectivity index (χ4n) is 2.50. The number of hydrogen-bond donors (Lipinski definition) is 2. The summed E-state index contributed by atoms with van der Waals surface area (Å²) in [6.07, 6.45) is 0.499. The molecule has 2 aromatic carbocycles. The number of carbonyl (C=O) groups excluding carboxylic acids is 1. The van der Waals surface area contributed by atoms with E-state index in [2.05, 4.69) is 10.6 Å². The molecule has 0 heterocycles. The number of benzene rings is 2. The molecule has 1 saturated carbocycles. The molecule has 1 aliphatic carbocycles. The van der Waals surface area contributed by atoms with E-state index >= 15 is 0 Å². The van der Waals surface area contributed by atoms with Crippen molar-refractivity contribution >= 4 is 11.7 Å². The minimum absolute atomic E-state index is 0.0242. The average Bonchev–Trinajstić information content (AvgIpc) is 3.26. The second kappa shape index (κ2) is 6.05. The van der Waals surface area contributed by atoms with Crippen LogP contribution in [-0.4, -0.2) is 12.1 Å². The third kappa shape index (κ3) is 3.29. The molecule has 6 heteroatoms. The van der Waals surface area contributed by atoms with Crippen molar-refractivity contribution in [3.8, 4) is 6.07 Å². The van der Waals surface area contributed by atoms with Crippen LogP contribution >= 0.6 is 0 Å². The van der Waals surface area contributed by atoms with Crippen LogP contribution in [0.2, 0.25) is 0 Å². The SMILES string of the molecule is N#Cc1ccc(NC(=O)N[C@@H]2C[C@H]2c2c(F)cccc2F)cc1. The maximum Gasteiger partial charge on any atom is 0.319 e. The molecule has 4 nitrogen and oxygen atoms in total. The van der Waals surface area contributed by atoms with Crippen LogP contribution in [0.3, 0.4) is 0 Å². The Morgan fingerprint density at radius 3 is 2.39 bits per heavy atom. The molecule has 2 atom stereocenters. The Bertz CT molecular complexity index is 763. The number of nitrogens with zero attached hydrogens (tertiary/aromatic N) is 1. The Morgan fingerprint density at radius 1 is 1.13 bits per heavy atom. The number of nitriles is 1. The predicted octanol–water partition coefficient (Wildman–Crippen LogP) is 3.51. The van der Waals surface area contributed by atoms with Gasteiger partial charge >= 0.3 is 6.03 Å². The molecule has 2 aromatic rings. The molecule has 0 saturated heterocycles. The van der Waals surface area contributed by atoms with E-state index in [4.69, 9.17) is 5.26 Å². The van der Waals surface area contributed by atoms with E-state index in [1.165, 1.54) is 18.2 Å². The summed E-state index contributed by atoms with van der Waals surface area (Å²) in [6.45, 7) is 0. The van der Waals surface area contributed by atoms with Crippen LogP contribution in [0.4, 0.5) is 19.3 Å². The normalized spacial score (nSPS) is 18.8. The fourth-order valence-corrected chi connectivity index (χ4v) is 2.50. The molecule has 2 amide bonds. The van der Waals surface area contributed by atoms with E-state index < -0.39 is 17.7 Å². The molecule has 1 fully saturated rings. The summed E-state index contributed by atoms with van der Waals surface area (Å²) in [5.74, 6) is -1.53. The summed E-state index contributed by atoms with van der Waals surface area (Å²) in [4.78, 5) is 11.9. The van der Waals surface area contributed by atoms with Crippen LogP contribution in [0.5, 0.6) is 0 Å². The van der Waals surface area contributed by atoms with Gasteiger partial charge in [0.2, 0.25) is 0 Å². The summed E-state index contributed by atoms with van der Waals surface area (Å²) in [5, 5.41) is 14.0. The number of hydrogen-bond acceptors (Lipinski definition) is 2. The third-order valence-electron chi connectivity index (χ3n) is 3.75. The minimum atomic E-state index is -0.591. The van der Waals surface area contributed by atoms with E-state index in [1.807, 2.05) is 6.07 Å². The molecule has 0 aromatic heterocycles. The topological polar surface area (TPSA) is 64.9 Å². The van der Waals surface area contributed by atoms with Gasteiger partial charge in [0.05, 0.1) is 11.6 Å². The zero-order chi connectivity index (χ0) is 16.4. The van der Waals surface area contributed by atoms with Crippen molar-refractivity contribution in [1.82, 2.24) is 5.32 Å². The van der Waals surface area contributed by atoms with Crippen LogP contribution in [0.1, 0.15) is 23.5 Å². The Kier molecular flexibility index (Phi) is 3.94. The molecule has 116 valence electrons. The maximum atomic E-state index is 13.7. The average molecular weight is 313 g/mol. The molecule has 3 rings (SSSR count). The summed E-state index contributed by atoms with van der Waals surface area (Å²) >= 11 is 0. The Balaban J connectivity index is 1.59. The standard InChI is InChI=1S/C17H13F2N3O/c18-13-2-1-3-14(19)16(13)12-8-15(12)22-17(23)21-11-6-4-10(9-20)5-7-11/h1-7,12,15H,8H2,(H2,21,22,23)/t12-,15-/m1/s1. The number of anilines is 1. The molecular formula is C17H13F2N3O. The highest BCUT2D eigenvalue weighted by molar-refractivity contribution is 5.89. The highest BCUT2D eigenvalue weighted by atomic mass is 19.1. The molecule has 0 spiro atoms. The van der Waals surface area contributed by atoms with Crippen molar-refractivity contribution in [2.45, 2.75) is 18.4 Å². The number of nitrogens with one attached hydrogen (secondary N) is 2. The van der Waals surface area contributed by atoms with E-state index in [0.717, 1.165) is 0 Å². The lowest BCUT2D eigenvalue weighted by Crippen LogP contribution is -2.31. The molecule has 0 unspecified atom stereocenters. The highest BCUT2D eigenvalue weighted by Gasteiger charge is 2.42. The van der Waals surface area contributed by atoms with Crippen molar-refractivity contribution in [3.05, 3.63) is 65.2 Å². The largest absolute Gasteiger partial charge is 0.334 e. The lowest BCUT2D eigenvalue weighted by atomic mass is 10.1. The van der Waals surface area contributed by atoms with Gasteiger partial charge in [-0.15, -0.1) is 0 Å². The zero-order valence-corrected chi connectivity index (χ0v) is 12.0. The fraction of sp³-hybridized carbons (Fsp3) is 0.176. The van der Waals surface area contributed by atoms with E-state index in [1.54, 1.807) is 24.3 Å². The summed E-state index contributed by atoms with van der Waals surface area (Å²) in [7, 11) is 0. The van der Waals surface area contributed by atoms with E-state index in [-0.39, 0.29) is 17.5 Å². The molecule has 23 heavy (non-hydrogen) atoms. The lowest BCUT2D eigenvalue weighted by Gasteiger charge is -2.08. The highest BCUT2D eigenvalue weighted by Crippen LogP contribution is 2.43. The Morgan fingerprint density at radius 2 is 1.78 bits per heavy atom. The monoisotopic (exact) mass is 313 g/mol. The van der Waals surface area contributed by atoms with Gasteiger partial charge in [-0.1, -0.05) is 6.07 Å². The van der Waals surface area contributed by atoms with Gasteiger partial charge in [-0.3, -0.25) is 0 Å². The first-order valence-electron chi connectivity index (χ1n) is 7.10. The van der Waals surface area contributed by atoms with Gasteiger partial charge in [0.1, 0.15) is 11.6 Å². The number of halogens is 2. The van der Waals surface area contributed by atoms with Crippen LogP contribution in [0.15, 0.2) is 42.5 Å². The molecule has 0 radical (unpaired) electrons. The predicted molar refractivity (Wildman–Crippen MR) is 80.8 cm³/mol. The number of rotatable bonds is 3. The number of amides is 2. The van der Waals surface area contributed by atoms with Gasteiger partial charge in [0, 0.05) is 23.2 Å². The van der Waals surface area contributed by atoms with Crippen LogP contribution in [-0.2, 0) is 0 Å². The Hall–Kier alpha value is -2.94. The molecular weight excluding hydrogens is 300 g/mol. The van der Waals surface area contributed by atoms with Gasteiger partial charge in [-0.2, -0.15) is 5.26 Å². The van der Waals surface area contributed by atoms with Crippen LogP contribution < -0.4 is 10.6 Å². The number of carbonyl (C=O) groups is 1. The van der Waals surface area contributed by atoms with E-state index in [9.17, 15) is 13.6 Å². The first kappa shape index (κ1) is 15.0. The molecule has 1 aliphatic rings. The van der Waals surface area contributed by atoms with E-state index in [0.29, 0.717) is 17.7 Å². The minimum Gasteiger partial charge on any atom is -0.334 e. The van der Waals surface area contributed by atoms with Crippen molar-refractivity contribution in [2.75, 3.05) is 5.32 Å². The van der Waals surface area contributed by atoms with Crippen LogP contribution in [0, 0.1) is 23.0 Å². The second-order valence-corrected chi connectivity index (χ2v) is 5.37.